The lowest BCUT2D eigenvalue weighted by atomic mass is 10.3. The van der Waals surface area contributed by atoms with E-state index in [1.54, 1.807) is 25.1 Å². The fourth-order valence-electron chi connectivity index (χ4n) is 1.39. The van der Waals surface area contributed by atoms with E-state index in [-0.39, 0.29) is 5.97 Å². The van der Waals surface area contributed by atoms with Crippen molar-refractivity contribution >= 4 is 22.7 Å². The van der Waals surface area contributed by atoms with E-state index < -0.39 is 6.04 Å². The van der Waals surface area contributed by atoms with Gasteiger partial charge in [-0.05, 0) is 25.1 Å². The largest absolute Gasteiger partial charge is 0.467 e. The lowest BCUT2D eigenvalue weighted by Crippen LogP contribution is -2.19. The first-order valence-corrected chi connectivity index (χ1v) is 4.81. The van der Waals surface area contributed by atoms with Gasteiger partial charge in [-0.2, -0.15) is 15.0 Å². The molecule has 6 heteroatoms. The Balaban J connectivity index is 2.43. The molecule has 0 aliphatic heterocycles. The second-order valence-electron chi connectivity index (χ2n) is 3.47. The molecule has 1 aromatic heterocycles. The number of nitrogens with zero attached hydrogens (tertiary/aromatic N) is 3. The molecular formula is C10H12N4O2. The van der Waals surface area contributed by atoms with Crippen LogP contribution in [0.25, 0.3) is 11.0 Å². The number of hydrogen-bond acceptors (Lipinski definition) is 5. The predicted molar refractivity (Wildman–Crippen MR) is 58.7 cm³/mol. The maximum Gasteiger partial charge on any atom is 0.332 e. The van der Waals surface area contributed by atoms with E-state index in [0.29, 0.717) is 16.7 Å². The normalized spacial score (nSPS) is 12.6. The van der Waals surface area contributed by atoms with Gasteiger partial charge in [-0.15, -0.1) is 0 Å². The molecule has 0 saturated heterocycles. The van der Waals surface area contributed by atoms with Crippen LogP contribution < -0.4 is 5.73 Å². The number of benzene rings is 1. The zero-order valence-electron chi connectivity index (χ0n) is 9.04. The van der Waals surface area contributed by atoms with Gasteiger partial charge in [-0.1, -0.05) is 0 Å². The minimum Gasteiger partial charge on any atom is -0.467 e. The first kappa shape index (κ1) is 10.4. The highest BCUT2D eigenvalue weighted by atomic mass is 16.5. The van der Waals surface area contributed by atoms with E-state index in [2.05, 4.69) is 14.9 Å². The van der Waals surface area contributed by atoms with Gasteiger partial charge >= 0.3 is 5.97 Å². The van der Waals surface area contributed by atoms with Gasteiger partial charge in [0.25, 0.3) is 0 Å². The maximum atomic E-state index is 11.3. The molecule has 0 saturated carbocycles. The lowest BCUT2D eigenvalue weighted by Gasteiger charge is -2.06. The van der Waals surface area contributed by atoms with Crippen molar-refractivity contribution in [1.82, 2.24) is 15.0 Å². The molecule has 1 aromatic carbocycles. The van der Waals surface area contributed by atoms with E-state index in [9.17, 15) is 4.79 Å². The van der Waals surface area contributed by atoms with Crippen LogP contribution in [0.5, 0.6) is 0 Å². The highest BCUT2D eigenvalue weighted by Crippen LogP contribution is 2.15. The smallest absolute Gasteiger partial charge is 0.332 e. The van der Waals surface area contributed by atoms with Crippen LogP contribution in [0.2, 0.25) is 0 Å². The molecule has 0 fully saturated rings. The molecule has 2 aromatic rings. The zero-order valence-corrected chi connectivity index (χ0v) is 9.04. The Kier molecular flexibility index (Phi) is 2.47. The van der Waals surface area contributed by atoms with Crippen molar-refractivity contribution in [1.29, 1.82) is 0 Å². The molecule has 6 nitrogen and oxygen atoms in total. The zero-order chi connectivity index (χ0) is 11.7. The summed E-state index contributed by atoms with van der Waals surface area (Å²) in [5.74, 6) is -0.381. The third-order valence-electron chi connectivity index (χ3n) is 2.31. The van der Waals surface area contributed by atoms with Crippen LogP contribution in [0.3, 0.4) is 0 Å². The van der Waals surface area contributed by atoms with Gasteiger partial charge in [-0.3, -0.25) is 0 Å². The van der Waals surface area contributed by atoms with Gasteiger partial charge in [0.1, 0.15) is 11.0 Å². The quantitative estimate of drug-likeness (QED) is 0.596. The topological polar surface area (TPSA) is 83.0 Å². The van der Waals surface area contributed by atoms with Gasteiger partial charge in [0.2, 0.25) is 0 Å². The van der Waals surface area contributed by atoms with Gasteiger partial charge in [-0.25, -0.2) is 4.79 Å². The molecule has 2 N–H and O–H groups in total. The number of aromatic nitrogens is 3. The minimum atomic E-state index is -0.543. The first-order valence-electron chi connectivity index (χ1n) is 4.81. The number of methoxy groups -OCH3 is 1. The maximum absolute atomic E-state index is 11.3. The van der Waals surface area contributed by atoms with Crippen LogP contribution in [0.1, 0.15) is 13.0 Å². The molecule has 84 valence electrons. The Morgan fingerprint density at radius 2 is 2.12 bits per heavy atom. The highest BCUT2D eigenvalue weighted by Gasteiger charge is 2.18. The van der Waals surface area contributed by atoms with E-state index >= 15 is 0 Å². The highest BCUT2D eigenvalue weighted by molar-refractivity contribution is 5.78. The van der Waals surface area contributed by atoms with Gasteiger partial charge in [0, 0.05) is 5.69 Å². The second-order valence-corrected chi connectivity index (χ2v) is 3.47. The minimum absolute atomic E-state index is 0.381. The van der Waals surface area contributed by atoms with Gasteiger partial charge in [0.05, 0.1) is 7.11 Å². The van der Waals surface area contributed by atoms with Crippen LogP contribution in [0, 0.1) is 0 Å². The summed E-state index contributed by atoms with van der Waals surface area (Å²) >= 11 is 0. The van der Waals surface area contributed by atoms with Crippen LogP contribution in [-0.4, -0.2) is 28.1 Å². The Morgan fingerprint density at radius 3 is 2.81 bits per heavy atom. The molecule has 0 bridgehead atoms. The van der Waals surface area contributed by atoms with Crippen LogP contribution in [-0.2, 0) is 9.53 Å². The monoisotopic (exact) mass is 220 g/mol. The molecule has 0 aliphatic rings. The predicted octanol–water partition coefficient (Wildman–Crippen LogP) is 0.747. The van der Waals surface area contributed by atoms with Gasteiger partial charge < -0.3 is 10.5 Å². The van der Waals surface area contributed by atoms with E-state index in [1.165, 1.54) is 11.9 Å². The summed E-state index contributed by atoms with van der Waals surface area (Å²) in [6.07, 6.45) is 0. The molecule has 0 spiro atoms. The molecule has 0 amide bonds. The Hall–Kier alpha value is -2.11. The number of fused-ring (bicyclic) bond motifs is 1. The van der Waals surface area contributed by atoms with Crippen LogP contribution in [0.4, 0.5) is 5.69 Å². The number of hydrogen-bond donors (Lipinski definition) is 1. The van der Waals surface area contributed by atoms with E-state index in [1.807, 2.05) is 0 Å². The summed E-state index contributed by atoms with van der Waals surface area (Å²) in [4.78, 5) is 12.6. The standard InChI is InChI=1S/C10H12N4O2/c1-6(10(15)16-2)14-12-8-4-3-7(11)5-9(8)13-14/h3-6H,11H2,1-2H3. The third-order valence-corrected chi connectivity index (χ3v) is 2.31. The van der Waals surface area contributed by atoms with E-state index in [0.717, 1.165) is 0 Å². The van der Waals surface area contributed by atoms with Crippen LogP contribution >= 0.6 is 0 Å². The molecule has 1 heterocycles. The van der Waals surface area contributed by atoms with Crippen molar-refractivity contribution in [2.45, 2.75) is 13.0 Å². The molecular weight excluding hydrogens is 208 g/mol. The number of nitrogens with two attached hydrogens (primary N) is 1. The average molecular weight is 220 g/mol. The fourth-order valence-corrected chi connectivity index (χ4v) is 1.39. The first-order chi connectivity index (χ1) is 7.61. The lowest BCUT2D eigenvalue weighted by molar-refractivity contribution is -0.144. The second kappa shape index (κ2) is 3.80. The molecule has 16 heavy (non-hydrogen) atoms. The number of esters is 1. The van der Waals surface area contributed by atoms with Crippen molar-refractivity contribution < 1.29 is 9.53 Å². The Morgan fingerprint density at radius 1 is 1.44 bits per heavy atom. The summed E-state index contributed by atoms with van der Waals surface area (Å²) in [5, 5.41) is 8.34. The van der Waals surface area contributed by atoms with Crippen molar-refractivity contribution in [3.63, 3.8) is 0 Å². The number of anilines is 1. The Bertz CT molecular complexity index is 535. The van der Waals surface area contributed by atoms with Crippen LogP contribution in [0.15, 0.2) is 18.2 Å². The van der Waals surface area contributed by atoms with Crippen molar-refractivity contribution in [3.05, 3.63) is 18.2 Å². The van der Waals surface area contributed by atoms with Gasteiger partial charge in [0.15, 0.2) is 6.04 Å². The molecule has 0 radical (unpaired) electrons. The van der Waals surface area contributed by atoms with E-state index in [4.69, 9.17) is 5.73 Å². The SMILES string of the molecule is COC(=O)C(C)n1nc2ccc(N)cc2n1. The summed E-state index contributed by atoms with van der Waals surface area (Å²) < 4.78 is 4.62. The van der Waals surface area contributed by atoms with Crippen molar-refractivity contribution in [3.8, 4) is 0 Å². The summed E-state index contributed by atoms with van der Waals surface area (Å²) in [6, 6.07) is 4.67. The molecule has 1 unspecified atom stereocenters. The fraction of sp³-hybridized carbons (Fsp3) is 0.300. The summed E-state index contributed by atoms with van der Waals surface area (Å²) in [5.41, 5.74) is 7.60. The summed E-state index contributed by atoms with van der Waals surface area (Å²) in [7, 11) is 1.33. The molecule has 1 atom stereocenters. The van der Waals surface area contributed by atoms with Crippen molar-refractivity contribution in [2.75, 3.05) is 12.8 Å². The number of carbonyl (C=O) groups excluding carboxylic acids is 1. The molecule has 2 rings (SSSR count). The number of carbonyl (C=O) groups is 1. The Labute approximate surface area is 92.0 Å². The third kappa shape index (κ3) is 1.69. The number of nitrogen functional groups attached to an aromatic ring is 1. The van der Waals surface area contributed by atoms with Crippen molar-refractivity contribution in [2.24, 2.45) is 0 Å². The summed E-state index contributed by atoms with van der Waals surface area (Å²) in [6.45, 7) is 1.67. The molecule has 0 aliphatic carbocycles. The average Bonchev–Trinajstić information content (AvgIpc) is 2.69. The number of ether oxygens (including phenoxy) is 1. The number of rotatable bonds is 2.